The van der Waals surface area contributed by atoms with Gasteiger partial charge in [0.25, 0.3) is 0 Å². The maximum atomic E-state index is 10.4. The molecule has 7 heteroatoms. The average molecular weight is 387 g/mol. The highest BCUT2D eigenvalue weighted by atomic mass is 16.7. The van der Waals surface area contributed by atoms with Crippen molar-refractivity contribution < 1.29 is 28.8 Å². The Morgan fingerprint density at radius 1 is 1.11 bits per heavy atom. The molecule has 2 aromatic carbocycles. The second-order valence-corrected chi connectivity index (χ2v) is 6.91. The van der Waals surface area contributed by atoms with Gasteiger partial charge in [-0.15, -0.1) is 0 Å². The molecule has 1 N–H and O–H groups in total. The molecule has 0 fully saturated rings. The van der Waals surface area contributed by atoms with Crippen molar-refractivity contribution in [2.24, 2.45) is 0 Å². The molecule has 0 aliphatic carbocycles. The fourth-order valence-electron chi connectivity index (χ4n) is 3.67. The van der Waals surface area contributed by atoms with Crippen LogP contribution < -0.4 is 23.7 Å². The third-order valence-electron chi connectivity index (χ3n) is 5.07. The molecular weight excluding hydrogens is 362 g/mol. The summed E-state index contributed by atoms with van der Waals surface area (Å²) in [5.41, 5.74) is 2.31. The number of ether oxygens (including phenoxy) is 5. The Bertz CT molecular complexity index is 823. The number of nitrogens with zero attached hydrogens (tertiary/aromatic N) is 1. The molecule has 4 rings (SSSR count). The predicted molar refractivity (Wildman–Crippen MR) is 103 cm³/mol. The van der Waals surface area contributed by atoms with Crippen LogP contribution in [0.5, 0.6) is 28.7 Å². The van der Waals surface area contributed by atoms with E-state index < -0.39 is 6.10 Å². The fourth-order valence-corrected chi connectivity index (χ4v) is 3.67. The lowest BCUT2D eigenvalue weighted by Gasteiger charge is -2.31. The molecular formula is C21H25NO6. The zero-order valence-corrected chi connectivity index (χ0v) is 16.1. The molecule has 2 aliphatic rings. The monoisotopic (exact) mass is 387 g/mol. The van der Waals surface area contributed by atoms with E-state index in [1.807, 2.05) is 30.3 Å². The van der Waals surface area contributed by atoms with Crippen molar-refractivity contribution in [2.45, 2.75) is 19.1 Å². The molecule has 150 valence electrons. The van der Waals surface area contributed by atoms with E-state index in [0.29, 0.717) is 24.6 Å². The molecule has 0 spiro atoms. The zero-order chi connectivity index (χ0) is 19.5. The Morgan fingerprint density at radius 2 is 1.89 bits per heavy atom. The summed E-state index contributed by atoms with van der Waals surface area (Å²) >= 11 is 0. The Morgan fingerprint density at radius 3 is 2.64 bits per heavy atom. The highest BCUT2D eigenvalue weighted by Gasteiger charge is 2.29. The maximum absolute atomic E-state index is 10.4. The Labute approximate surface area is 164 Å². The minimum absolute atomic E-state index is 0.222. The second-order valence-electron chi connectivity index (χ2n) is 6.91. The summed E-state index contributed by atoms with van der Waals surface area (Å²) in [5, 5.41) is 10.4. The number of benzene rings is 2. The summed E-state index contributed by atoms with van der Waals surface area (Å²) in [5.74, 6) is 3.63. The van der Waals surface area contributed by atoms with E-state index in [9.17, 15) is 5.11 Å². The standard InChI is InChI=1S/C21H25NO6/c1-24-16-3-5-17(6-4-16)26-12-15(23)10-22-8-7-14-9-19-21(28-13-27-19)20(25-2)18(14)11-22/h3-6,9,15,23H,7-8,10-13H2,1-2H3. The lowest BCUT2D eigenvalue weighted by molar-refractivity contribution is 0.0634. The molecule has 0 bridgehead atoms. The van der Waals surface area contributed by atoms with Gasteiger partial charge in [-0.3, -0.25) is 4.90 Å². The molecule has 7 nitrogen and oxygen atoms in total. The molecule has 2 aliphatic heterocycles. The van der Waals surface area contributed by atoms with Crippen molar-refractivity contribution in [3.63, 3.8) is 0 Å². The number of fused-ring (bicyclic) bond motifs is 2. The minimum Gasteiger partial charge on any atom is -0.497 e. The normalized spacial score (nSPS) is 16.4. The van der Waals surface area contributed by atoms with Crippen molar-refractivity contribution in [1.29, 1.82) is 0 Å². The van der Waals surface area contributed by atoms with Crippen molar-refractivity contribution in [3.05, 3.63) is 41.5 Å². The summed E-state index contributed by atoms with van der Waals surface area (Å²) in [4.78, 5) is 2.20. The first-order chi connectivity index (χ1) is 13.7. The predicted octanol–water partition coefficient (Wildman–Crippen LogP) is 2.23. The van der Waals surface area contributed by atoms with Crippen LogP contribution in [-0.4, -0.2) is 56.8 Å². The summed E-state index contributed by atoms with van der Waals surface area (Å²) < 4.78 is 27.5. The molecule has 28 heavy (non-hydrogen) atoms. The zero-order valence-electron chi connectivity index (χ0n) is 16.1. The van der Waals surface area contributed by atoms with E-state index >= 15 is 0 Å². The van der Waals surface area contributed by atoms with Crippen molar-refractivity contribution in [2.75, 3.05) is 40.7 Å². The number of aliphatic hydroxyl groups excluding tert-OH is 1. The Hall–Kier alpha value is -2.64. The van der Waals surface area contributed by atoms with Gasteiger partial charge < -0.3 is 28.8 Å². The Kier molecular flexibility index (Phi) is 5.45. The number of hydrogen-bond acceptors (Lipinski definition) is 7. The number of rotatable bonds is 7. The van der Waals surface area contributed by atoms with Crippen LogP contribution in [-0.2, 0) is 13.0 Å². The van der Waals surface area contributed by atoms with Gasteiger partial charge in [-0.25, -0.2) is 0 Å². The molecule has 1 atom stereocenters. The van der Waals surface area contributed by atoms with E-state index in [4.69, 9.17) is 23.7 Å². The molecule has 2 aromatic rings. The molecule has 1 unspecified atom stereocenters. The third-order valence-corrected chi connectivity index (χ3v) is 5.07. The molecule has 0 radical (unpaired) electrons. The molecule has 2 heterocycles. The van der Waals surface area contributed by atoms with Gasteiger partial charge in [-0.1, -0.05) is 0 Å². The highest BCUT2D eigenvalue weighted by molar-refractivity contribution is 5.60. The first-order valence-corrected chi connectivity index (χ1v) is 9.33. The largest absolute Gasteiger partial charge is 0.497 e. The van der Waals surface area contributed by atoms with Crippen molar-refractivity contribution in [1.82, 2.24) is 4.90 Å². The number of hydrogen-bond donors (Lipinski definition) is 1. The third kappa shape index (κ3) is 3.81. The molecule has 0 saturated heterocycles. The number of β-amino-alcohol motifs (C(OH)–C–C–N with tert-alkyl or cyclic N) is 1. The van der Waals surface area contributed by atoms with Gasteiger partial charge in [0.05, 0.1) is 14.2 Å². The second kappa shape index (κ2) is 8.16. The van der Waals surface area contributed by atoms with Crippen molar-refractivity contribution >= 4 is 0 Å². The van der Waals surface area contributed by atoms with Gasteiger partial charge in [0.2, 0.25) is 12.5 Å². The van der Waals surface area contributed by atoms with E-state index in [1.165, 1.54) is 5.56 Å². The van der Waals surface area contributed by atoms with Gasteiger partial charge in [0.1, 0.15) is 24.2 Å². The molecule has 0 aromatic heterocycles. The SMILES string of the molecule is COc1ccc(OCC(O)CN2CCc3cc4c(c(OC)c3C2)OCO4)cc1. The van der Waals surface area contributed by atoms with Gasteiger partial charge in [0, 0.05) is 25.2 Å². The molecule has 0 saturated carbocycles. The smallest absolute Gasteiger partial charge is 0.231 e. The fraction of sp³-hybridized carbons (Fsp3) is 0.429. The van der Waals surface area contributed by atoms with E-state index in [0.717, 1.165) is 35.8 Å². The molecule has 0 amide bonds. The first kappa shape index (κ1) is 18.7. The first-order valence-electron chi connectivity index (χ1n) is 9.33. The van der Waals surface area contributed by atoms with Crippen LogP contribution in [0.3, 0.4) is 0 Å². The summed E-state index contributed by atoms with van der Waals surface area (Å²) in [6, 6.07) is 9.37. The summed E-state index contributed by atoms with van der Waals surface area (Å²) in [6.07, 6.45) is 0.276. The van der Waals surface area contributed by atoms with Crippen LogP contribution >= 0.6 is 0 Å². The van der Waals surface area contributed by atoms with Gasteiger partial charge in [-0.2, -0.15) is 0 Å². The van der Waals surface area contributed by atoms with Crippen LogP contribution in [0, 0.1) is 0 Å². The highest BCUT2D eigenvalue weighted by Crippen LogP contribution is 2.46. The quantitative estimate of drug-likeness (QED) is 0.781. The van der Waals surface area contributed by atoms with Gasteiger partial charge in [0.15, 0.2) is 11.5 Å². The average Bonchev–Trinajstić information content (AvgIpc) is 3.19. The van der Waals surface area contributed by atoms with E-state index in [-0.39, 0.29) is 13.4 Å². The topological polar surface area (TPSA) is 69.6 Å². The van der Waals surface area contributed by atoms with E-state index in [1.54, 1.807) is 14.2 Å². The van der Waals surface area contributed by atoms with E-state index in [2.05, 4.69) is 4.90 Å². The Balaban J connectivity index is 1.36. The summed E-state index contributed by atoms with van der Waals surface area (Å²) in [7, 11) is 3.27. The number of aliphatic hydroxyl groups is 1. The van der Waals surface area contributed by atoms with Gasteiger partial charge in [-0.05, 0) is 42.3 Å². The van der Waals surface area contributed by atoms with Crippen LogP contribution in [0.1, 0.15) is 11.1 Å². The lowest BCUT2D eigenvalue weighted by Crippen LogP contribution is -2.39. The van der Waals surface area contributed by atoms with Crippen molar-refractivity contribution in [3.8, 4) is 28.7 Å². The van der Waals surface area contributed by atoms with Gasteiger partial charge >= 0.3 is 0 Å². The van der Waals surface area contributed by atoms with Crippen LogP contribution in [0.2, 0.25) is 0 Å². The van der Waals surface area contributed by atoms with Crippen LogP contribution in [0.25, 0.3) is 0 Å². The maximum Gasteiger partial charge on any atom is 0.231 e. The summed E-state index contributed by atoms with van der Waals surface area (Å²) in [6.45, 7) is 2.52. The van der Waals surface area contributed by atoms with Crippen LogP contribution in [0.4, 0.5) is 0 Å². The number of methoxy groups -OCH3 is 2. The minimum atomic E-state index is -0.594. The lowest BCUT2D eigenvalue weighted by atomic mass is 9.97. The van der Waals surface area contributed by atoms with Crippen LogP contribution in [0.15, 0.2) is 30.3 Å².